The number of benzene rings is 1. The molecule has 1 saturated heterocycles. The molecule has 2 aromatic rings. The van der Waals surface area contributed by atoms with Crippen LogP contribution in [-0.2, 0) is 11.2 Å². The molecule has 1 atom stereocenters. The summed E-state index contributed by atoms with van der Waals surface area (Å²) in [7, 11) is 1.50. The van der Waals surface area contributed by atoms with Crippen molar-refractivity contribution in [1.29, 1.82) is 0 Å². The van der Waals surface area contributed by atoms with E-state index in [9.17, 15) is 5.11 Å². The predicted octanol–water partition coefficient (Wildman–Crippen LogP) is 2.03. The Labute approximate surface area is 116 Å². The van der Waals surface area contributed by atoms with E-state index < -0.39 is 0 Å². The van der Waals surface area contributed by atoms with Gasteiger partial charge in [-0.25, -0.2) is 0 Å². The number of phenolic OH excluding ortho intramolecular Hbond substituents is 1. The second-order valence-electron chi connectivity index (χ2n) is 4.81. The molecular formula is C14H16N2O4. The Morgan fingerprint density at radius 1 is 1.45 bits per heavy atom. The second-order valence-corrected chi connectivity index (χ2v) is 4.81. The van der Waals surface area contributed by atoms with E-state index in [2.05, 4.69) is 10.1 Å². The van der Waals surface area contributed by atoms with Crippen molar-refractivity contribution < 1.29 is 19.1 Å². The van der Waals surface area contributed by atoms with Crippen LogP contribution in [-0.4, -0.2) is 35.6 Å². The fourth-order valence-electron chi connectivity index (χ4n) is 2.31. The largest absolute Gasteiger partial charge is 0.504 e. The third-order valence-corrected chi connectivity index (χ3v) is 3.41. The molecule has 1 aliphatic heterocycles. The highest BCUT2D eigenvalue weighted by molar-refractivity contribution is 5.66. The summed E-state index contributed by atoms with van der Waals surface area (Å²) < 4.78 is 15.6. The Bertz CT molecular complexity index is 591. The fraction of sp³-hybridized carbons (Fsp3) is 0.429. The molecule has 1 aromatic carbocycles. The molecule has 0 radical (unpaired) electrons. The summed E-state index contributed by atoms with van der Waals surface area (Å²) in [6.45, 7) is 1.54. The predicted molar refractivity (Wildman–Crippen MR) is 70.6 cm³/mol. The number of phenols is 1. The molecule has 20 heavy (non-hydrogen) atoms. The van der Waals surface area contributed by atoms with Gasteiger partial charge in [0, 0.05) is 19.6 Å². The van der Waals surface area contributed by atoms with Crippen molar-refractivity contribution in [3.63, 3.8) is 0 Å². The molecular weight excluding hydrogens is 260 g/mol. The Kier molecular flexibility index (Phi) is 3.56. The lowest BCUT2D eigenvalue weighted by molar-refractivity contribution is 0.185. The number of ether oxygens (including phenoxy) is 2. The lowest BCUT2D eigenvalue weighted by Gasteiger charge is -2.05. The maximum absolute atomic E-state index is 10.1. The van der Waals surface area contributed by atoms with Crippen LogP contribution in [0.25, 0.3) is 11.5 Å². The maximum Gasteiger partial charge on any atom is 0.261 e. The quantitative estimate of drug-likeness (QED) is 0.920. The van der Waals surface area contributed by atoms with Gasteiger partial charge in [0.15, 0.2) is 17.3 Å². The average molecular weight is 276 g/mol. The molecule has 6 heteroatoms. The Hall–Kier alpha value is -2.08. The van der Waals surface area contributed by atoms with Crippen molar-refractivity contribution >= 4 is 0 Å². The van der Waals surface area contributed by atoms with Crippen LogP contribution in [0.2, 0.25) is 0 Å². The third-order valence-electron chi connectivity index (χ3n) is 3.41. The van der Waals surface area contributed by atoms with Crippen LogP contribution in [0.5, 0.6) is 11.5 Å². The standard InChI is InChI=1S/C14H16N2O4/c1-18-11-4-2-3-10(13(11)17)14-15-12(16-20-14)7-9-5-6-19-8-9/h2-4,9,17H,5-8H2,1H3. The van der Waals surface area contributed by atoms with E-state index in [0.717, 1.165) is 26.1 Å². The number of aromatic nitrogens is 2. The summed E-state index contributed by atoms with van der Waals surface area (Å²) in [5.41, 5.74) is 0.478. The highest BCUT2D eigenvalue weighted by atomic mass is 16.5. The highest BCUT2D eigenvalue weighted by Gasteiger charge is 2.21. The van der Waals surface area contributed by atoms with Crippen LogP contribution < -0.4 is 4.74 Å². The minimum Gasteiger partial charge on any atom is -0.504 e. The van der Waals surface area contributed by atoms with Gasteiger partial charge >= 0.3 is 0 Å². The molecule has 1 aromatic heterocycles. The number of hydrogen-bond acceptors (Lipinski definition) is 6. The minimum atomic E-state index is 0.00870. The lowest BCUT2D eigenvalue weighted by Crippen LogP contribution is -2.04. The molecule has 1 N–H and O–H groups in total. The fourth-order valence-corrected chi connectivity index (χ4v) is 2.31. The second kappa shape index (κ2) is 5.50. The van der Waals surface area contributed by atoms with Crippen molar-refractivity contribution in [3.05, 3.63) is 24.0 Å². The zero-order chi connectivity index (χ0) is 13.9. The van der Waals surface area contributed by atoms with Gasteiger partial charge in [0.2, 0.25) is 0 Å². The van der Waals surface area contributed by atoms with Gasteiger partial charge in [0.25, 0.3) is 5.89 Å². The lowest BCUT2D eigenvalue weighted by atomic mass is 10.1. The molecule has 0 saturated carbocycles. The van der Waals surface area contributed by atoms with Crippen LogP contribution >= 0.6 is 0 Å². The Morgan fingerprint density at radius 2 is 2.35 bits per heavy atom. The molecule has 0 aliphatic carbocycles. The van der Waals surface area contributed by atoms with Gasteiger partial charge in [0.1, 0.15) is 0 Å². The van der Waals surface area contributed by atoms with Gasteiger partial charge in [-0.15, -0.1) is 0 Å². The molecule has 3 rings (SSSR count). The van der Waals surface area contributed by atoms with E-state index in [-0.39, 0.29) is 5.75 Å². The van der Waals surface area contributed by atoms with E-state index in [1.54, 1.807) is 18.2 Å². The van der Waals surface area contributed by atoms with Crippen molar-refractivity contribution in [3.8, 4) is 23.0 Å². The first-order valence-corrected chi connectivity index (χ1v) is 6.54. The van der Waals surface area contributed by atoms with Crippen molar-refractivity contribution in [2.24, 2.45) is 5.92 Å². The maximum atomic E-state index is 10.1. The number of hydrogen-bond donors (Lipinski definition) is 1. The van der Waals surface area contributed by atoms with Crippen molar-refractivity contribution in [1.82, 2.24) is 10.1 Å². The molecule has 6 nitrogen and oxygen atoms in total. The van der Waals surface area contributed by atoms with Gasteiger partial charge in [-0.05, 0) is 24.5 Å². The van der Waals surface area contributed by atoms with E-state index in [0.29, 0.717) is 28.9 Å². The molecule has 106 valence electrons. The average Bonchev–Trinajstić information content (AvgIpc) is 3.11. The number of methoxy groups -OCH3 is 1. The molecule has 1 unspecified atom stereocenters. The van der Waals surface area contributed by atoms with E-state index in [1.807, 2.05) is 0 Å². The summed E-state index contributed by atoms with van der Waals surface area (Å²) in [5, 5.41) is 14.0. The van der Waals surface area contributed by atoms with E-state index in [1.165, 1.54) is 7.11 Å². The SMILES string of the molecule is COc1cccc(-c2nc(CC3CCOC3)no2)c1O. The Morgan fingerprint density at radius 3 is 3.10 bits per heavy atom. The molecule has 0 amide bonds. The number of nitrogens with zero attached hydrogens (tertiary/aromatic N) is 2. The van der Waals surface area contributed by atoms with Crippen LogP contribution in [0.1, 0.15) is 12.2 Å². The zero-order valence-corrected chi connectivity index (χ0v) is 11.2. The summed E-state index contributed by atoms with van der Waals surface area (Å²) in [6, 6.07) is 5.16. The van der Waals surface area contributed by atoms with Gasteiger partial charge in [-0.2, -0.15) is 4.98 Å². The number of rotatable bonds is 4. The molecule has 2 heterocycles. The first-order chi connectivity index (χ1) is 9.78. The topological polar surface area (TPSA) is 77.6 Å². The zero-order valence-electron chi connectivity index (χ0n) is 11.2. The van der Waals surface area contributed by atoms with Gasteiger partial charge in [-0.3, -0.25) is 0 Å². The summed E-state index contributed by atoms with van der Waals surface area (Å²) in [5.74, 6) is 1.77. The van der Waals surface area contributed by atoms with Crippen molar-refractivity contribution in [2.45, 2.75) is 12.8 Å². The van der Waals surface area contributed by atoms with Gasteiger partial charge < -0.3 is 19.1 Å². The van der Waals surface area contributed by atoms with E-state index in [4.69, 9.17) is 14.0 Å². The van der Waals surface area contributed by atoms with Crippen molar-refractivity contribution in [2.75, 3.05) is 20.3 Å². The number of aromatic hydroxyl groups is 1. The first-order valence-electron chi connectivity index (χ1n) is 6.54. The molecule has 0 bridgehead atoms. The van der Waals surface area contributed by atoms with Crippen LogP contribution in [0.4, 0.5) is 0 Å². The van der Waals surface area contributed by atoms with Crippen LogP contribution in [0.15, 0.2) is 22.7 Å². The monoisotopic (exact) mass is 276 g/mol. The summed E-state index contributed by atoms with van der Waals surface area (Å²) in [4.78, 5) is 4.33. The smallest absolute Gasteiger partial charge is 0.261 e. The van der Waals surface area contributed by atoms with Gasteiger partial charge in [-0.1, -0.05) is 11.2 Å². The third kappa shape index (κ3) is 2.46. The van der Waals surface area contributed by atoms with Gasteiger partial charge in [0.05, 0.1) is 12.7 Å². The van der Waals surface area contributed by atoms with Crippen LogP contribution in [0.3, 0.4) is 0 Å². The Balaban J connectivity index is 1.82. The molecule has 1 fully saturated rings. The molecule has 0 spiro atoms. The highest BCUT2D eigenvalue weighted by Crippen LogP contribution is 2.36. The molecule has 1 aliphatic rings. The summed E-state index contributed by atoms with van der Waals surface area (Å²) in [6.07, 6.45) is 1.75. The normalized spacial score (nSPS) is 18.4. The summed E-state index contributed by atoms with van der Waals surface area (Å²) >= 11 is 0. The van der Waals surface area contributed by atoms with Crippen LogP contribution in [0, 0.1) is 5.92 Å². The number of para-hydroxylation sites is 1. The first kappa shape index (κ1) is 12.9. The minimum absolute atomic E-state index is 0.00870. The van der Waals surface area contributed by atoms with E-state index >= 15 is 0 Å².